The van der Waals surface area contributed by atoms with Crippen molar-refractivity contribution in [2.24, 2.45) is 0 Å². The molecule has 1 amide bonds. The maximum Gasteiger partial charge on any atom is 0.222 e. The molecule has 0 radical (unpaired) electrons. The zero-order valence-electron chi connectivity index (χ0n) is 9.12. The smallest absolute Gasteiger partial charge is 0.222 e. The molecule has 1 aromatic carbocycles. The summed E-state index contributed by atoms with van der Waals surface area (Å²) in [5.41, 5.74) is 7.32. The molecule has 2 rings (SSSR count). The number of carbonyl (C=O) groups excluding carboxylic acids is 1. The van der Waals surface area contributed by atoms with Gasteiger partial charge in [0, 0.05) is 19.0 Å². The van der Waals surface area contributed by atoms with E-state index in [1.165, 1.54) is 0 Å². The lowest BCUT2D eigenvalue weighted by atomic mass is 10.2. The van der Waals surface area contributed by atoms with Crippen molar-refractivity contribution < 1.29 is 9.53 Å². The molecule has 0 bridgehead atoms. The maximum atomic E-state index is 11.0. The lowest BCUT2D eigenvalue weighted by molar-refractivity contribution is -0.119. The summed E-state index contributed by atoms with van der Waals surface area (Å²) in [6.45, 7) is 0.643. The van der Waals surface area contributed by atoms with E-state index in [2.05, 4.69) is 10.6 Å². The fraction of sp³-hybridized carbons (Fsp3) is 0.364. The van der Waals surface area contributed by atoms with E-state index >= 15 is 0 Å². The number of hydrogen-bond donors (Lipinski definition) is 3. The molecule has 5 heteroatoms. The number of nitrogens with one attached hydrogen (secondary N) is 2. The van der Waals surface area contributed by atoms with Crippen molar-refractivity contribution in [3.8, 4) is 5.75 Å². The van der Waals surface area contributed by atoms with Crippen molar-refractivity contribution in [2.75, 3.05) is 24.7 Å². The van der Waals surface area contributed by atoms with Crippen LogP contribution in [0.4, 0.5) is 11.4 Å². The minimum absolute atomic E-state index is 0.0737. The molecule has 1 aliphatic rings. The lowest BCUT2D eigenvalue weighted by Gasteiger charge is -2.14. The highest BCUT2D eigenvalue weighted by atomic mass is 16.5. The van der Waals surface area contributed by atoms with Crippen LogP contribution in [0.2, 0.25) is 0 Å². The van der Waals surface area contributed by atoms with Gasteiger partial charge >= 0.3 is 0 Å². The van der Waals surface area contributed by atoms with Gasteiger partial charge in [0.15, 0.2) is 0 Å². The van der Waals surface area contributed by atoms with Gasteiger partial charge in [0.05, 0.1) is 24.5 Å². The fourth-order valence-corrected chi connectivity index (χ4v) is 1.73. The minimum atomic E-state index is 0.0737. The number of nitrogens with two attached hydrogens (primary N) is 1. The van der Waals surface area contributed by atoms with Crippen LogP contribution in [0.1, 0.15) is 6.42 Å². The van der Waals surface area contributed by atoms with Gasteiger partial charge in [-0.15, -0.1) is 0 Å². The monoisotopic (exact) mass is 221 g/mol. The first-order chi connectivity index (χ1) is 7.69. The number of carbonyl (C=O) groups is 1. The molecule has 5 nitrogen and oxygen atoms in total. The number of nitrogen functional groups attached to an aromatic ring is 1. The van der Waals surface area contributed by atoms with Crippen LogP contribution in [0, 0.1) is 0 Å². The zero-order valence-corrected chi connectivity index (χ0v) is 9.12. The number of amides is 1. The largest absolute Gasteiger partial charge is 0.497 e. The first kappa shape index (κ1) is 10.6. The molecular formula is C11H15N3O2. The van der Waals surface area contributed by atoms with Gasteiger partial charge in [-0.3, -0.25) is 4.79 Å². The van der Waals surface area contributed by atoms with E-state index in [9.17, 15) is 4.79 Å². The highest BCUT2D eigenvalue weighted by Gasteiger charge is 2.21. The summed E-state index contributed by atoms with van der Waals surface area (Å²) in [6, 6.07) is 5.56. The van der Waals surface area contributed by atoms with Gasteiger partial charge in [-0.25, -0.2) is 0 Å². The Morgan fingerprint density at radius 3 is 2.94 bits per heavy atom. The van der Waals surface area contributed by atoms with Crippen molar-refractivity contribution in [1.29, 1.82) is 0 Å². The number of benzene rings is 1. The number of hydrogen-bond acceptors (Lipinski definition) is 4. The van der Waals surface area contributed by atoms with Gasteiger partial charge in [-0.1, -0.05) is 0 Å². The summed E-state index contributed by atoms with van der Waals surface area (Å²) < 4.78 is 5.06. The van der Waals surface area contributed by atoms with E-state index in [1.807, 2.05) is 12.1 Å². The molecule has 0 aliphatic carbocycles. The van der Waals surface area contributed by atoms with Crippen LogP contribution in [0.5, 0.6) is 5.75 Å². The summed E-state index contributed by atoms with van der Waals surface area (Å²) in [5.74, 6) is 0.799. The molecular weight excluding hydrogens is 206 g/mol. The van der Waals surface area contributed by atoms with Crippen LogP contribution in [0.3, 0.4) is 0 Å². The van der Waals surface area contributed by atoms with E-state index in [4.69, 9.17) is 10.5 Å². The normalized spacial score (nSPS) is 19.3. The van der Waals surface area contributed by atoms with Gasteiger partial charge in [0.2, 0.25) is 5.91 Å². The van der Waals surface area contributed by atoms with E-state index in [1.54, 1.807) is 13.2 Å². The standard InChI is InChI=1S/C11H15N3O2/c1-16-8-2-3-10(9(12)5-8)14-7-4-11(15)13-6-7/h2-3,5,7,14H,4,6,12H2,1H3,(H,13,15). The van der Waals surface area contributed by atoms with Crippen LogP contribution >= 0.6 is 0 Å². The Hall–Kier alpha value is -1.91. The second kappa shape index (κ2) is 4.30. The predicted molar refractivity (Wildman–Crippen MR) is 62.4 cm³/mol. The molecule has 1 aliphatic heterocycles. The molecule has 0 aromatic heterocycles. The molecule has 0 spiro atoms. The molecule has 4 N–H and O–H groups in total. The van der Waals surface area contributed by atoms with Crippen LogP contribution in [-0.4, -0.2) is 25.6 Å². The van der Waals surface area contributed by atoms with Crippen molar-refractivity contribution in [3.05, 3.63) is 18.2 Å². The van der Waals surface area contributed by atoms with E-state index in [-0.39, 0.29) is 11.9 Å². The summed E-state index contributed by atoms with van der Waals surface area (Å²) in [4.78, 5) is 11.0. The number of ether oxygens (including phenoxy) is 1. The SMILES string of the molecule is COc1ccc(NC2CNC(=O)C2)c(N)c1. The van der Waals surface area contributed by atoms with Crippen molar-refractivity contribution in [2.45, 2.75) is 12.5 Å². The highest BCUT2D eigenvalue weighted by molar-refractivity contribution is 5.80. The molecule has 1 atom stereocenters. The first-order valence-electron chi connectivity index (χ1n) is 5.16. The van der Waals surface area contributed by atoms with E-state index in [0.717, 1.165) is 11.4 Å². The molecule has 0 saturated carbocycles. The molecule has 1 unspecified atom stereocenters. The molecule has 16 heavy (non-hydrogen) atoms. The second-order valence-corrected chi connectivity index (χ2v) is 3.80. The van der Waals surface area contributed by atoms with Crippen molar-refractivity contribution in [3.63, 3.8) is 0 Å². The van der Waals surface area contributed by atoms with Gasteiger partial charge in [-0.2, -0.15) is 0 Å². The average molecular weight is 221 g/mol. The Balaban J connectivity index is 2.07. The Morgan fingerprint density at radius 1 is 1.56 bits per heavy atom. The van der Waals surface area contributed by atoms with Gasteiger partial charge in [-0.05, 0) is 12.1 Å². The van der Waals surface area contributed by atoms with Crippen molar-refractivity contribution in [1.82, 2.24) is 5.32 Å². The molecule has 1 fully saturated rings. The summed E-state index contributed by atoms with van der Waals surface area (Å²) in [7, 11) is 1.60. The summed E-state index contributed by atoms with van der Waals surface area (Å²) in [5, 5.41) is 5.99. The number of rotatable bonds is 3. The summed E-state index contributed by atoms with van der Waals surface area (Å²) in [6.07, 6.45) is 0.492. The predicted octanol–water partition coefficient (Wildman–Crippen LogP) is 0.578. The Kier molecular flexibility index (Phi) is 2.85. The molecule has 86 valence electrons. The molecule has 1 heterocycles. The third-order valence-corrected chi connectivity index (χ3v) is 2.60. The Labute approximate surface area is 94.0 Å². The molecule has 1 aromatic rings. The van der Waals surface area contributed by atoms with Crippen LogP contribution < -0.4 is 21.1 Å². The highest BCUT2D eigenvalue weighted by Crippen LogP contribution is 2.25. The van der Waals surface area contributed by atoms with Crippen molar-refractivity contribution >= 4 is 17.3 Å². The minimum Gasteiger partial charge on any atom is -0.497 e. The Morgan fingerprint density at radius 2 is 2.38 bits per heavy atom. The van der Waals surface area contributed by atoms with Gasteiger partial charge in [0.1, 0.15) is 5.75 Å². The van der Waals surface area contributed by atoms with E-state index < -0.39 is 0 Å². The van der Waals surface area contributed by atoms with Crippen LogP contribution in [0.15, 0.2) is 18.2 Å². The van der Waals surface area contributed by atoms with Crippen LogP contribution in [0.25, 0.3) is 0 Å². The maximum absolute atomic E-state index is 11.0. The summed E-state index contributed by atoms with van der Waals surface area (Å²) >= 11 is 0. The van der Waals surface area contributed by atoms with Gasteiger partial charge in [0.25, 0.3) is 0 Å². The topological polar surface area (TPSA) is 76.4 Å². The first-order valence-corrected chi connectivity index (χ1v) is 5.16. The number of methoxy groups -OCH3 is 1. The Bertz CT molecular complexity index is 406. The average Bonchev–Trinajstić information content (AvgIpc) is 2.67. The van der Waals surface area contributed by atoms with Crippen LogP contribution in [-0.2, 0) is 4.79 Å². The fourth-order valence-electron chi connectivity index (χ4n) is 1.73. The number of anilines is 2. The third kappa shape index (κ3) is 2.18. The lowest BCUT2D eigenvalue weighted by Crippen LogP contribution is -2.22. The second-order valence-electron chi connectivity index (χ2n) is 3.80. The van der Waals surface area contributed by atoms with E-state index in [0.29, 0.717) is 18.7 Å². The zero-order chi connectivity index (χ0) is 11.5. The third-order valence-electron chi connectivity index (χ3n) is 2.60. The molecule has 1 saturated heterocycles. The quantitative estimate of drug-likeness (QED) is 0.652. The van der Waals surface area contributed by atoms with Gasteiger partial charge < -0.3 is 21.1 Å².